The fourth-order valence-electron chi connectivity index (χ4n) is 2.91. The molecule has 0 saturated carbocycles. The third kappa shape index (κ3) is 2.91. The zero-order valence-electron chi connectivity index (χ0n) is 13.4. The molecule has 25 heavy (non-hydrogen) atoms. The van der Waals surface area contributed by atoms with E-state index >= 15 is 0 Å². The lowest BCUT2D eigenvalue weighted by Crippen LogP contribution is -2.34. The van der Waals surface area contributed by atoms with Crippen molar-refractivity contribution < 1.29 is 29.3 Å². The van der Waals surface area contributed by atoms with Crippen molar-refractivity contribution in [3.8, 4) is 11.5 Å². The molecule has 7 nitrogen and oxygen atoms in total. The van der Waals surface area contributed by atoms with Gasteiger partial charge in [-0.05, 0) is 29.3 Å². The number of aliphatic carboxylic acids is 1. The molecule has 0 atom stereocenters. The van der Waals surface area contributed by atoms with Gasteiger partial charge in [-0.2, -0.15) is 0 Å². The Morgan fingerprint density at radius 2 is 2.00 bits per heavy atom. The number of phenolic OH excluding ortho intramolecular Hbond substituents is 1. The minimum absolute atomic E-state index is 0.0245. The van der Waals surface area contributed by atoms with Gasteiger partial charge in [0.2, 0.25) is 5.91 Å². The van der Waals surface area contributed by atoms with Gasteiger partial charge in [0.25, 0.3) is 5.91 Å². The number of amides is 2. The Hall–Kier alpha value is -3.35. The number of carboxylic acids is 1. The maximum Gasteiger partial charge on any atom is 0.307 e. The lowest BCUT2D eigenvalue weighted by molar-refractivity contribution is -0.136. The van der Waals surface area contributed by atoms with Crippen molar-refractivity contribution in [3.05, 3.63) is 53.1 Å². The van der Waals surface area contributed by atoms with Crippen LogP contribution in [0.1, 0.15) is 21.5 Å². The summed E-state index contributed by atoms with van der Waals surface area (Å²) >= 11 is 0. The monoisotopic (exact) mass is 341 g/mol. The molecule has 2 N–H and O–H groups in total. The van der Waals surface area contributed by atoms with E-state index in [2.05, 4.69) is 0 Å². The third-order valence-electron chi connectivity index (χ3n) is 3.99. The lowest BCUT2D eigenvalue weighted by Gasteiger charge is -2.19. The molecule has 0 bridgehead atoms. The number of anilines is 1. The van der Waals surface area contributed by atoms with Crippen molar-refractivity contribution in [1.82, 2.24) is 0 Å². The highest BCUT2D eigenvalue weighted by Crippen LogP contribution is 2.35. The third-order valence-corrected chi connectivity index (χ3v) is 3.99. The number of imide groups is 1. The Bertz CT molecular complexity index is 889. The number of hydrogen-bond acceptors (Lipinski definition) is 5. The number of ether oxygens (including phenoxy) is 1. The standard InChI is InChI=1S/C18H15NO6/c1-25-14-6-5-12(7-13(14)20)18(24)19-15(21)8-10-3-2-4-11(17(10)19)9-16(22)23/h2-7,20H,8-9H2,1H3,(H,22,23). The number of nitrogens with zero attached hydrogens (tertiary/aromatic N) is 1. The van der Waals surface area contributed by atoms with Crippen LogP contribution in [0, 0.1) is 0 Å². The first-order valence-corrected chi connectivity index (χ1v) is 7.49. The van der Waals surface area contributed by atoms with Gasteiger partial charge in [0, 0.05) is 5.56 Å². The molecule has 1 heterocycles. The van der Waals surface area contributed by atoms with Crippen LogP contribution >= 0.6 is 0 Å². The van der Waals surface area contributed by atoms with Crippen molar-refractivity contribution in [1.29, 1.82) is 0 Å². The van der Waals surface area contributed by atoms with E-state index in [4.69, 9.17) is 9.84 Å². The Balaban J connectivity index is 2.04. The minimum atomic E-state index is -1.05. The number of rotatable bonds is 4. The number of carbonyl (C=O) groups excluding carboxylic acids is 2. The van der Waals surface area contributed by atoms with E-state index in [0.29, 0.717) is 16.8 Å². The molecule has 0 fully saturated rings. The van der Waals surface area contributed by atoms with Crippen LogP contribution in [0.3, 0.4) is 0 Å². The highest BCUT2D eigenvalue weighted by Gasteiger charge is 2.35. The highest BCUT2D eigenvalue weighted by atomic mass is 16.5. The summed E-state index contributed by atoms with van der Waals surface area (Å²) in [6.07, 6.45) is -0.273. The van der Waals surface area contributed by atoms with Crippen LogP contribution in [0.25, 0.3) is 0 Å². The van der Waals surface area contributed by atoms with E-state index in [1.165, 1.54) is 25.3 Å². The van der Waals surface area contributed by atoms with Gasteiger partial charge in [0.05, 0.1) is 25.6 Å². The number of para-hydroxylation sites is 1. The predicted molar refractivity (Wildman–Crippen MR) is 88.0 cm³/mol. The second kappa shape index (κ2) is 6.27. The van der Waals surface area contributed by atoms with Crippen molar-refractivity contribution >= 4 is 23.5 Å². The molecule has 7 heteroatoms. The van der Waals surface area contributed by atoms with Crippen molar-refractivity contribution in [2.75, 3.05) is 12.0 Å². The van der Waals surface area contributed by atoms with Crippen LogP contribution in [-0.2, 0) is 22.4 Å². The first-order chi connectivity index (χ1) is 11.9. The Morgan fingerprint density at radius 1 is 1.24 bits per heavy atom. The van der Waals surface area contributed by atoms with Crippen LogP contribution in [0.5, 0.6) is 11.5 Å². The molecule has 0 spiro atoms. The summed E-state index contributed by atoms with van der Waals surface area (Å²) in [6, 6.07) is 9.01. The molecule has 128 valence electrons. The zero-order valence-corrected chi connectivity index (χ0v) is 13.4. The van der Waals surface area contributed by atoms with E-state index in [9.17, 15) is 19.5 Å². The topological polar surface area (TPSA) is 104 Å². The summed E-state index contributed by atoms with van der Waals surface area (Å²) in [5.41, 5.74) is 1.41. The Kier molecular flexibility index (Phi) is 4.14. The molecule has 2 aromatic rings. The second-order valence-corrected chi connectivity index (χ2v) is 5.59. The highest BCUT2D eigenvalue weighted by molar-refractivity contribution is 6.25. The molecule has 0 unspecified atom stereocenters. The smallest absolute Gasteiger partial charge is 0.307 e. The average molecular weight is 341 g/mol. The molecule has 3 rings (SSSR count). The summed E-state index contributed by atoms with van der Waals surface area (Å²) in [5, 5.41) is 18.9. The number of methoxy groups -OCH3 is 1. The van der Waals surface area contributed by atoms with Gasteiger partial charge in [-0.25, -0.2) is 4.90 Å². The molecular formula is C18H15NO6. The quantitative estimate of drug-likeness (QED) is 0.821. The number of benzene rings is 2. The van der Waals surface area contributed by atoms with Crippen molar-refractivity contribution in [2.24, 2.45) is 0 Å². The van der Waals surface area contributed by atoms with E-state index < -0.39 is 17.8 Å². The van der Waals surface area contributed by atoms with E-state index in [0.717, 1.165) is 4.90 Å². The van der Waals surface area contributed by atoms with Gasteiger partial charge in [0.15, 0.2) is 11.5 Å². The number of carboxylic acid groups (broad SMARTS) is 1. The lowest BCUT2D eigenvalue weighted by atomic mass is 10.0. The molecule has 2 amide bonds. The molecular weight excluding hydrogens is 326 g/mol. The van der Waals surface area contributed by atoms with Crippen LogP contribution in [-0.4, -0.2) is 35.1 Å². The zero-order chi connectivity index (χ0) is 18.1. The summed E-state index contributed by atoms with van der Waals surface area (Å²) in [5.74, 6) is -2.13. The first kappa shape index (κ1) is 16.5. The van der Waals surface area contributed by atoms with E-state index in [1.54, 1.807) is 18.2 Å². The van der Waals surface area contributed by atoms with Gasteiger partial charge in [-0.15, -0.1) is 0 Å². The molecule has 0 aliphatic carbocycles. The number of aromatic hydroxyl groups is 1. The van der Waals surface area contributed by atoms with Crippen LogP contribution in [0.4, 0.5) is 5.69 Å². The second-order valence-electron chi connectivity index (χ2n) is 5.59. The number of fused-ring (bicyclic) bond motifs is 1. The van der Waals surface area contributed by atoms with Gasteiger partial charge in [-0.3, -0.25) is 14.4 Å². The molecule has 0 aromatic heterocycles. The molecule has 0 radical (unpaired) electrons. The van der Waals surface area contributed by atoms with Crippen LogP contribution in [0.2, 0.25) is 0 Å². The average Bonchev–Trinajstić information content (AvgIpc) is 2.90. The number of hydrogen-bond donors (Lipinski definition) is 2. The van der Waals surface area contributed by atoms with Gasteiger partial charge < -0.3 is 14.9 Å². The van der Waals surface area contributed by atoms with Gasteiger partial charge in [0.1, 0.15) is 0 Å². The molecule has 1 aliphatic heterocycles. The summed E-state index contributed by atoms with van der Waals surface area (Å²) in [6.45, 7) is 0. The van der Waals surface area contributed by atoms with Crippen LogP contribution < -0.4 is 9.64 Å². The maximum atomic E-state index is 12.8. The number of carbonyl (C=O) groups is 3. The first-order valence-electron chi connectivity index (χ1n) is 7.49. The Morgan fingerprint density at radius 3 is 2.64 bits per heavy atom. The number of phenols is 1. The van der Waals surface area contributed by atoms with Crippen LogP contribution in [0.15, 0.2) is 36.4 Å². The van der Waals surface area contributed by atoms with E-state index in [1.807, 2.05) is 0 Å². The maximum absolute atomic E-state index is 12.8. The van der Waals surface area contributed by atoms with E-state index in [-0.39, 0.29) is 29.9 Å². The summed E-state index contributed by atoms with van der Waals surface area (Å²) < 4.78 is 4.94. The molecule has 2 aromatic carbocycles. The SMILES string of the molecule is COc1ccc(C(=O)N2C(=O)Cc3cccc(CC(=O)O)c32)cc1O. The fourth-order valence-corrected chi connectivity index (χ4v) is 2.91. The van der Waals surface area contributed by atoms with Gasteiger partial charge >= 0.3 is 5.97 Å². The fraction of sp³-hybridized carbons (Fsp3) is 0.167. The normalized spacial score (nSPS) is 12.8. The summed E-state index contributed by atoms with van der Waals surface area (Å²) in [4.78, 5) is 37.2. The van der Waals surface area contributed by atoms with Crippen molar-refractivity contribution in [3.63, 3.8) is 0 Å². The Labute approximate surface area is 143 Å². The predicted octanol–water partition coefficient (Wildman–Crippen LogP) is 1.76. The van der Waals surface area contributed by atoms with Gasteiger partial charge in [-0.1, -0.05) is 18.2 Å². The summed E-state index contributed by atoms with van der Waals surface area (Å²) in [7, 11) is 1.38. The minimum Gasteiger partial charge on any atom is -0.504 e. The molecule has 1 aliphatic rings. The van der Waals surface area contributed by atoms with Crippen molar-refractivity contribution in [2.45, 2.75) is 12.8 Å². The largest absolute Gasteiger partial charge is 0.504 e. The molecule has 0 saturated heterocycles.